The first-order valence-corrected chi connectivity index (χ1v) is 20.5. The molecule has 0 aliphatic heterocycles. The lowest BCUT2D eigenvalue weighted by Crippen LogP contribution is -2.35. The van der Waals surface area contributed by atoms with Crippen LogP contribution in [-0.2, 0) is 27.3 Å². The van der Waals surface area contributed by atoms with E-state index < -0.39 is 16.1 Å². The fourth-order valence-corrected chi connectivity index (χ4v) is 9.97. The van der Waals surface area contributed by atoms with E-state index in [0.29, 0.717) is 40.3 Å². The van der Waals surface area contributed by atoms with E-state index in [1.54, 1.807) is 41.2 Å². The molecule has 0 radical (unpaired) electrons. The molecule has 2 aromatic carbocycles. The largest absolute Gasteiger partial charge is 0.338 e. The lowest BCUT2D eigenvalue weighted by molar-refractivity contribution is 0.315. The Morgan fingerprint density at radius 1 is 0.717 bits per heavy atom. The van der Waals surface area contributed by atoms with Gasteiger partial charge in [-0.25, -0.2) is 18.4 Å². The maximum absolute atomic E-state index is 14.7. The average Bonchev–Trinajstić information content (AvgIpc) is 3.90. The molecule has 2 N–H and O–H groups in total. The van der Waals surface area contributed by atoms with Gasteiger partial charge >= 0.3 is 0 Å². The smallest absolute Gasteiger partial charge is 0.253 e. The van der Waals surface area contributed by atoms with Gasteiger partial charge in [0.2, 0.25) is 0 Å². The second kappa shape index (κ2) is 14.3. The number of H-pyrrole nitrogens is 2. The van der Waals surface area contributed by atoms with Crippen molar-refractivity contribution in [2.45, 2.75) is 88.8 Å². The number of fused-ring (bicyclic) bond motifs is 2. The van der Waals surface area contributed by atoms with Crippen LogP contribution in [0.25, 0.3) is 44.8 Å². The van der Waals surface area contributed by atoms with E-state index in [4.69, 9.17) is 9.97 Å². The van der Waals surface area contributed by atoms with Crippen molar-refractivity contribution in [2.24, 2.45) is 0 Å². The summed E-state index contributed by atoms with van der Waals surface area (Å²) in [6, 6.07) is 20.1. The van der Waals surface area contributed by atoms with Gasteiger partial charge in [-0.2, -0.15) is 4.31 Å². The molecule has 11 heteroatoms. The van der Waals surface area contributed by atoms with Crippen molar-refractivity contribution < 1.29 is 8.42 Å². The van der Waals surface area contributed by atoms with Crippen molar-refractivity contribution in [3.8, 4) is 22.5 Å². The van der Waals surface area contributed by atoms with E-state index in [0.717, 1.165) is 39.2 Å². The minimum Gasteiger partial charge on any atom is -0.338 e. The van der Waals surface area contributed by atoms with Crippen LogP contribution in [0.2, 0.25) is 0 Å². The minimum absolute atomic E-state index is 0.00538. The molecule has 0 aliphatic rings. The highest BCUT2D eigenvalue weighted by Crippen LogP contribution is 2.41. The van der Waals surface area contributed by atoms with Crippen LogP contribution in [0, 0.1) is 0 Å². The van der Waals surface area contributed by atoms with Gasteiger partial charge in [0.05, 0.1) is 17.4 Å². The van der Waals surface area contributed by atoms with Crippen molar-refractivity contribution in [1.29, 1.82) is 0 Å². The molecule has 0 amide bonds. The van der Waals surface area contributed by atoms with E-state index in [9.17, 15) is 8.42 Å². The number of aromatic nitrogens is 6. The highest BCUT2D eigenvalue weighted by atomic mass is 32.2. The third kappa shape index (κ3) is 7.17. The summed E-state index contributed by atoms with van der Waals surface area (Å²) in [5, 5.41) is 1.81. The van der Waals surface area contributed by atoms with Gasteiger partial charge in [-0.1, -0.05) is 103 Å². The number of nitrogens with one attached hydrogen (secondary N) is 2. The molecule has 0 bridgehead atoms. The first-order chi connectivity index (χ1) is 25.3. The lowest BCUT2D eigenvalue weighted by Gasteiger charge is -2.30. The Morgan fingerprint density at radius 2 is 1.25 bits per heavy atom. The van der Waals surface area contributed by atoms with Crippen LogP contribution >= 0.6 is 11.3 Å². The second-order valence-electron chi connectivity index (χ2n) is 15.6. The SMILES string of the molecule is CCC(c1c(-c2ccc(C(C)(C)C)cc2)[nH]c2nccnc12)N(CCCc1c(-c2ccc(C(C)(C)C)cc2)[nH]c2nccnc12)S(=O)(=O)c1cccs1. The zero-order chi connectivity index (χ0) is 37.5. The standard InChI is InChI=1S/C42H47N7O2S2/c1-8-32(34-36(48-40-38(34)44-22-24-46-40)28-15-19-30(20-16-28)42(5,6)7)49(53(50,51)33-12-10-26-52-33)25-9-11-31-35(47-39-37(31)43-21-23-45-39)27-13-17-29(18-14-27)41(2,3)4/h10,12-24,26,32H,8-9,11,25H2,1-7H3,(H,45,47)(H,46,48). The summed E-state index contributed by atoms with van der Waals surface area (Å²) in [6.45, 7) is 15.5. The molecule has 0 aliphatic carbocycles. The van der Waals surface area contributed by atoms with Crippen LogP contribution < -0.4 is 0 Å². The van der Waals surface area contributed by atoms with Crippen molar-refractivity contribution in [3.05, 3.63) is 113 Å². The summed E-state index contributed by atoms with van der Waals surface area (Å²) in [4.78, 5) is 25.7. The number of thiophene rings is 1. The Hall–Kier alpha value is -4.71. The number of benzene rings is 2. The van der Waals surface area contributed by atoms with Crippen molar-refractivity contribution in [3.63, 3.8) is 0 Å². The summed E-state index contributed by atoms with van der Waals surface area (Å²) in [5.74, 6) is 0. The molecule has 5 aromatic heterocycles. The summed E-state index contributed by atoms with van der Waals surface area (Å²) >= 11 is 1.24. The predicted octanol–water partition coefficient (Wildman–Crippen LogP) is 9.99. The number of rotatable bonds is 11. The van der Waals surface area contributed by atoms with Gasteiger partial charge in [0.1, 0.15) is 15.2 Å². The topological polar surface area (TPSA) is 121 Å². The molecule has 7 aromatic rings. The van der Waals surface area contributed by atoms with Crippen LogP contribution in [0.1, 0.15) is 89.6 Å². The molecule has 53 heavy (non-hydrogen) atoms. The molecule has 0 fully saturated rings. The van der Waals surface area contributed by atoms with E-state index in [1.807, 2.05) is 12.3 Å². The quantitative estimate of drug-likeness (QED) is 0.136. The first-order valence-electron chi connectivity index (χ1n) is 18.2. The average molecular weight is 746 g/mol. The normalized spacial score (nSPS) is 13.4. The van der Waals surface area contributed by atoms with Gasteiger partial charge in [-0.05, 0) is 63.8 Å². The van der Waals surface area contributed by atoms with Crippen molar-refractivity contribution in [1.82, 2.24) is 34.2 Å². The fraction of sp³-hybridized carbons (Fsp3) is 0.333. The second-order valence-corrected chi connectivity index (χ2v) is 18.7. The number of hydrogen-bond donors (Lipinski definition) is 2. The maximum atomic E-state index is 14.7. The summed E-state index contributed by atoms with van der Waals surface area (Å²) < 4.78 is 31.4. The number of hydrogen-bond acceptors (Lipinski definition) is 7. The van der Waals surface area contributed by atoms with E-state index in [1.165, 1.54) is 22.5 Å². The molecule has 0 saturated heterocycles. The zero-order valence-electron chi connectivity index (χ0n) is 31.4. The molecule has 7 rings (SSSR count). The Bertz CT molecular complexity index is 2450. The number of nitrogens with zero attached hydrogens (tertiary/aromatic N) is 5. The van der Waals surface area contributed by atoms with Crippen molar-refractivity contribution in [2.75, 3.05) is 6.54 Å². The van der Waals surface area contributed by atoms with Crippen molar-refractivity contribution >= 4 is 43.7 Å². The van der Waals surface area contributed by atoms with Crippen LogP contribution in [0.15, 0.2) is 95.0 Å². The maximum Gasteiger partial charge on any atom is 0.253 e. The monoisotopic (exact) mass is 745 g/mol. The molecular formula is C42H47N7O2S2. The van der Waals surface area contributed by atoms with E-state index in [-0.39, 0.29) is 17.4 Å². The molecular weight excluding hydrogens is 699 g/mol. The third-order valence-corrected chi connectivity index (χ3v) is 13.3. The van der Waals surface area contributed by atoms with Gasteiger partial charge < -0.3 is 9.97 Å². The molecule has 274 valence electrons. The van der Waals surface area contributed by atoms with Gasteiger partial charge in [-0.3, -0.25) is 9.97 Å². The minimum atomic E-state index is -3.90. The molecule has 5 heterocycles. The fourth-order valence-electron chi connectivity index (χ4n) is 7.14. The molecule has 0 saturated carbocycles. The van der Waals surface area contributed by atoms with Crippen LogP contribution in [0.4, 0.5) is 0 Å². The van der Waals surface area contributed by atoms with Crippen LogP contribution in [0.5, 0.6) is 0 Å². The molecule has 1 unspecified atom stereocenters. The Labute approximate surface area is 316 Å². The van der Waals surface area contributed by atoms with E-state index in [2.05, 4.69) is 110 Å². The first kappa shape index (κ1) is 36.6. The Balaban J connectivity index is 1.29. The summed E-state index contributed by atoms with van der Waals surface area (Å²) in [7, 11) is -3.90. The van der Waals surface area contributed by atoms with Gasteiger partial charge in [-0.15, -0.1) is 11.3 Å². The number of sulfonamides is 1. The molecule has 1 atom stereocenters. The molecule has 9 nitrogen and oxygen atoms in total. The third-order valence-electron chi connectivity index (χ3n) is 10.0. The van der Waals surface area contributed by atoms with Gasteiger partial charge in [0.15, 0.2) is 11.3 Å². The Morgan fingerprint density at radius 3 is 1.79 bits per heavy atom. The van der Waals surface area contributed by atoms with E-state index >= 15 is 0 Å². The summed E-state index contributed by atoms with van der Waals surface area (Å²) in [6.07, 6.45) is 8.41. The predicted molar refractivity (Wildman–Crippen MR) is 216 cm³/mol. The molecule has 0 spiro atoms. The van der Waals surface area contributed by atoms with Gasteiger partial charge in [0.25, 0.3) is 10.0 Å². The van der Waals surface area contributed by atoms with Gasteiger partial charge in [0, 0.05) is 42.5 Å². The Kier molecular flexibility index (Phi) is 9.86. The summed E-state index contributed by atoms with van der Waals surface area (Å²) in [5.41, 5.74) is 11.0. The highest BCUT2D eigenvalue weighted by Gasteiger charge is 2.36. The number of aryl methyl sites for hydroxylation is 1. The van der Waals surface area contributed by atoms with Crippen LogP contribution in [-0.4, -0.2) is 49.2 Å². The number of aromatic amines is 2. The highest BCUT2D eigenvalue weighted by molar-refractivity contribution is 7.91. The zero-order valence-corrected chi connectivity index (χ0v) is 33.1. The lowest BCUT2D eigenvalue weighted by atomic mass is 9.86. The van der Waals surface area contributed by atoms with Crippen LogP contribution in [0.3, 0.4) is 0 Å².